The summed E-state index contributed by atoms with van der Waals surface area (Å²) in [5.41, 5.74) is 8.94. The maximum Gasteiger partial charge on any atom is 0.216 e. The molecule has 5 nitrogen and oxygen atoms in total. The molecule has 0 saturated heterocycles. The predicted molar refractivity (Wildman–Crippen MR) is 82.8 cm³/mol. The largest absolute Gasteiger partial charge is 0.326 e. The van der Waals surface area contributed by atoms with Crippen molar-refractivity contribution in [3.8, 4) is 0 Å². The van der Waals surface area contributed by atoms with Gasteiger partial charge in [0.2, 0.25) is 10.0 Å². The van der Waals surface area contributed by atoms with E-state index >= 15 is 0 Å². The van der Waals surface area contributed by atoms with Gasteiger partial charge in [0.1, 0.15) is 0 Å². The standard InChI is InChI=1S/C15H19N3O2S/c1-12-5-6-15(9-17-12)10-18-21(19,20)11-14-4-2-3-13(7-14)8-16/h2-7,9,18H,8,10-11,16H2,1H3. The summed E-state index contributed by atoms with van der Waals surface area (Å²) in [5, 5.41) is 0. The van der Waals surface area contributed by atoms with Gasteiger partial charge in [-0.25, -0.2) is 13.1 Å². The lowest BCUT2D eigenvalue weighted by atomic mass is 10.1. The van der Waals surface area contributed by atoms with Gasteiger partial charge < -0.3 is 5.73 Å². The van der Waals surface area contributed by atoms with E-state index in [-0.39, 0.29) is 12.3 Å². The molecule has 0 fully saturated rings. The van der Waals surface area contributed by atoms with E-state index in [9.17, 15) is 8.42 Å². The smallest absolute Gasteiger partial charge is 0.216 e. The highest BCUT2D eigenvalue weighted by atomic mass is 32.2. The van der Waals surface area contributed by atoms with E-state index in [1.54, 1.807) is 12.3 Å². The Bertz CT molecular complexity index is 697. The van der Waals surface area contributed by atoms with Crippen LogP contribution in [-0.4, -0.2) is 13.4 Å². The number of benzene rings is 1. The minimum atomic E-state index is -3.39. The first kappa shape index (κ1) is 15.6. The molecule has 0 atom stereocenters. The molecule has 2 rings (SSSR count). The van der Waals surface area contributed by atoms with Gasteiger partial charge in [-0.1, -0.05) is 30.3 Å². The SMILES string of the molecule is Cc1ccc(CNS(=O)(=O)Cc2cccc(CN)c2)cn1. The van der Waals surface area contributed by atoms with Crippen LogP contribution in [0.2, 0.25) is 0 Å². The zero-order valence-corrected chi connectivity index (χ0v) is 12.7. The zero-order chi connectivity index (χ0) is 15.3. The number of nitrogens with two attached hydrogens (primary N) is 1. The van der Waals surface area contributed by atoms with Gasteiger partial charge in [-0.3, -0.25) is 4.98 Å². The van der Waals surface area contributed by atoms with E-state index in [0.29, 0.717) is 6.54 Å². The normalized spacial score (nSPS) is 11.5. The molecular formula is C15H19N3O2S. The molecule has 0 aliphatic heterocycles. The number of sulfonamides is 1. The predicted octanol–water partition coefficient (Wildman–Crippen LogP) is 1.47. The maximum absolute atomic E-state index is 12.1. The molecule has 0 spiro atoms. The molecule has 0 aliphatic rings. The lowest BCUT2D eigenvalue weighted by molar-refractivity contribution is 0.580. The average Bonchev–Trinajstić information content (AvgIpc) is 2.46. The number of rotatable bonds is 6. The van der Waals surface area contributed by atoms with Crippen molar-refractivity contribution in [3.05, 3.63) is 65.0 Å². The summed E-state index contributed by atoms with van der Waals surface area (Å²) in [6, 6.07) is 11.0. The minimum absolute atomic E-state index is 0.0554. The van der Waals surface area contributed by atoms with E-state index in [0.717, 1.165) is 22.4 Å². The van der Waals surface area contributed by atoms with Crippen molar-refractivity contribution in [2.24, 2.45) is 5.73 Å². The molecule has 0 aliphatic carbocycles. The summed E-state index contributed by atoms with van der Waals surface area (Å²) < 4.78 is 26.7. The molecule has 1 aromatic carbocycles. The first-order chi connectivity index (χ1) is 9.98. The third-order valence-corrected chi connectivity index (χ3v) is 4.35. The highest BCUT2D eigenvalue weighted by molar-refractivity contribution is 7.88. The second-order valence-electron chi connectivity index (χ2n) is 4.91. The number of aromatic nitrogens is 1. The summed E-state index contributed by atoms with van der Waals surface area (Å²) in [5.74, 6) is -0.0554. The topological polar surface area (TPSA) is 85.1 Å². The zero-order valence-electron chi connectivity index (χ0n) is 11.9. The lowest BCUT2D eigenvalue weighted by Crippen LogP contribution is -2.24. The second kappa shape index (κ2) is 6.80. The Morgan fingerprint density at radius 1 is 1.14 bits per heavy atom. The Kier molecular flexibility index (Phi) is 5.06. The molecule has 3 N–H and O–H groups in total. The van der Waals surface area contributed by atoms with E-state index < -0.39 is 10.0 Å². The quantitative estimate of drug-likeness (QED) is 0.846. The van der Waals surface area contributed by atoms with Crippen molar-refractivity contribution >= 4 is 10.0 Å². The van der Waals surface area contributed by atoms with Crippen molar-refractivity contribution in [2.45, 2.75) is 25.8 Å². The van der Waals surface area contributed by atoms with Crippen LogP contribution in [-0.2, 0) is 28.9 Å². The van der Waals surface area contributed by atoms with Crippen LogP contribution < -0.4 is 10.5 Å². The summed E-state index contributed by atoms with van der Waals surface area (Å²) in [6.45, 7) is 2.53. The Morgan fingerprint density at radius 2 is 1.90 bits per heavy atom. The van der Waals surface area contributed by atoms with Crippen LogP contribution in [0.15, 0.2) is 42.6 Å². The van der Waals surface area contributed by atoms with Crippen LogP contribution in [0.3, 0.4) is 0 Å². The summed E-state index contributed by atoms with van der Waals surface area (Å²) in [4.78, 5) is 4.14. The Hall–Kier alpha value is -1.76. The summed E-state index contributed by atoms with van der Waals surface area (Å²) in [7, 11) is -3.39. The van der Waals surface area contributed by atoms with Crippen LogP contribution in [0.1, 0.15) is 22.4 Å². The fraction of sp³-hybridized carbons (Fsp3) is 0.267. The third-order valence-electron chi connectivity index (χ3n) is 3.05. The molecule has 0 bridgehead atoms. The Morgan fingerprint density at radius 3 is 2.57 bits per heavy atom. The molecule has 0 saturated carbocycles. The fourth-order valence-corrected chi connectivity index (χ4v) is 3.02. The minimum Gasteiger partial charge on any atom is -0.326 e. The van der Waals surface area contributed by atoms with Crippen molar-refractivity contribution < 1.29 is 8.42 Å². The first-order valence-electron chi connectivity index (χ1n) is 6.65. The molecule has 21 heavy (non-hydrogen) atoms. The molecule has 0 unspecified atom stereocenters. The van der Waals surface area contributed by atoms with E-state index in [4.69, 9.17) is 5.73 Å². The van der Waals surface area contributed by atoms with Gasteiger partial charge in [0, 0.05) is 25.0 Å². The molecule has 2 aromatic rings. The Labute approximate surface area is 125 Å². The van der Waals surface area contributed by atoms with E-state index in [1.807, 2.05) is 37.3 Å². The summed E-state index contributed by atoms with van der Waals surface area (Å²) in [6.07, 6.45) is 1.67. The average molecular weight is 305 g/mol. The third kappa shape index (κ3) is 4.93. The van der Waals surface area contributed by atoms with Crippen LogP contribution in [0.4, 0.5) is 0 Å². The number of hydrogen-bond acceptors (Lipinski definition) is 4. The first-order valence-corrected chi connectivity index (χ1v) is 8.30. The van der Waals surface area contributed by atoms with Crippen molar-refractivity contribution in [2.75, 3.05) is 0 Å². The molecular weight excluding hydrogens is 286 g/mol. The van der Waals surface area contributed by atoms with Gasteiger partial charge in [-0.2, -0.15) is 0 Å². The lowest BCUT2D eigenvalue weighted by Gasteiger charge is -2.08. The van der Waals surface area contributed by atoms with Gasteiger partial charge >= 0.3 is 0 Å². The number of hydrogen-bond donors (Lipinski definition) is 2. The molecule has 0 radical (unpaired) electrons. The molecule has 1 aromatic heterocycles. The number of pyridine rings is 1. The van der Waals surface area contributed by atoms with Crippen LogP contribution in [0.5, 0.6) is 0 Å². The maximum atomic E-state index is 12.1. The van der Waals surface area contributed by atoms with Crippen LogP contribution >= 0.6 is 0 Å². The second-order valence-corrected chi connectivity index (χ2v) is 6.72. The van der Waals surface area contributed by atoms with E-state index in [2.05, 4.69) is 9.71 Å². The van der Waals surface area contributed by atoms with E-state index in [1.165, 1.54) is 0 Å². The number of nitrogens with zero attached hydrogens (tertiary/aromatic N) is 1. The molecule has 112 valence electrons. The van der Waals surface area contributed by atoms with Gasteiger partial charge in [-0.05, 0) is 29.7 Å². The highest BCUT2D eigenvalue weighted by Gasteiger charge is 2.11. The van der Waals surface area contributed by atoms with Gasteiger partial charge in [0.15, 0.2) is 0 Å². The molecule has 6 heteroatoms. The van der Waals surface area contributed by atoms with Crippen molar-refractivity contribution in [3.63, 3.8) is 0 Å². The molecule has 1 heterocycles. The van der Waals surface area contributed by atoms with Gasteiger partial charge in [-0.15, -0.1) is 0 Å². The van der Waals surface area contributed by atoms with Crippen molar-refractivity contribution in [1.29, 1.82) is 0 Å². The highest BCUT2D eigenvalue weighted by Crippen LogP contribution is 2.09. The Balaban J connectivity index is 1.99. The van der Waals surface area contributed by atoms with Gasteiger partial charge in [0.05, 0.1) is 5.75 Å². The number of nitrogens with one attached hydrogen (secondary N) is 1. The summed E-state index contributed by atoms with van der Waals surface area (Å²) >= 11 is 0. The van der Waals surface area contributed by atoms with Crippen molar-refractivity contribution in [1.82, 2.24) is 9.71 Å². The molecule has 0 amide bonds. The monoisotopic (exact) mass is 305 g/mol. The van der Waals surface area contributed by atoms with Crippen LogP contribution in [0, 0.1) is 6.92 Å². The fourth-order valence-electron chi connectivity index (χ4n) is 1.91. The number of aryl methyl sites for hydroxylation is 1. The van der Waals surface area contributed by atoms with Gasteiger partial charge in [0.25, 0.3) is 0 Å². The van der Waals surface area contributed by atoms with Crippen LogP contribution in [0.25, 0.3) is 0 Å².